The van der Waals surface area contributed by atoms with Gasteiger partial charge in [-0.15, -0.1) is 11.3 Å². The first kappa shape index (κ1) is 14.0. The Kier molecular flexibility index (Phi) is 4.12. The molecule has 0 aliphatic carbocycles. The Labute approximate surface area is 127 Å². The van der Waals surface area contributed by atoms with Crippen LogP contribution in [0.5, 0.6) is 0 Å². The fraction of sp³-hybridized carbons (Fsp3) is 0.357. The number of carbonyl (C=O) groups is 1. The maximum absolute atomic E-state index is 11.9. The molecule has 0 bridgehead atoms. The SMILES string of the molecule is NCC(=O)N1CCCC1c1cccc(Nc2nccs2)n1. The highest BCUT2D eigenvalue weighted by Gasteiger charge is 2.30. The molecule has 1 unspecified atom stereocenters. The lowest BCUT2D eigenvalue weighted by Gasteiger charge is -2.24. The Morgan fingerprint density at radius 2 is 2.43 bits per heavy atom. The van der Waals surface area contributed by atoms with E-state index in [1.54, 1.807) is 6.20 Å². The van der Waals surface area contributed by atoms with Gasteiger partial charge in [-0.25, -0.2) is 9.97 Å². The molecule has 2 aromatic heterocycles. The van der Waals surface area contributed by atoms with Crippen molar-refractivity contribution >= 4 is 28.2 Å². The topological polar surface area (TPSA) is 84.1 Å². The van der Waals surface area contributed by atoms with E-state index in [2.05, 4.69) is 15.3 Å². The van der Waals surface area contributed by atoms with E-state index in [1.807, 2.05) is 28.5 Å². The zero-order valence-electron chi connectivity index (χ0n) is 11.5. The van der Waals surface area contributed by atoms with Gasteiger partial charge in [0, 0.05) is 18.1 Å². The van der Waals surface area contributed by atoms with Crippen molar-refractivity contribution in [1.29, 1.82) is 0 Å². The van der Waals surface area contributed by atoms with Gasteiger partial charge in [0.1, 0.15) is 5.82 Å². The predicted molar refractivity (Wildman–Crippen MR) is 82.4 cm³/mol. The number of rotatable bonds is 4. The summed E-state index contributed by atoms with van der Waals surface area (Å²) in [5, 5.41) is 5.89. The highest BCUT2D eigenvalue weighted by atomic mass is 32.1. The highest BCUT2D eigenvalue weighted by Crippen LogP contribution is 2.31. The minimum atomic E-state index is -0.0161. The van der Waals surface area contributed by atoms with Crippen molar-refractivity contribution in [2.45, 2.75) is 18.9 Å². The maximum Gasteiger partial charge on any atom is 0.236 e. The van der Waals surface area contributed by atoms with Crippen LogP contribution in [0.25, 0.3) is 0 Å². The Morgan fingerprint density at radius 3 is 3.19 bits per heavy atom. The number of aromatic nitrogens is 2. The first-order valence-electron chi connectivity index (χ1n) is 6.91. The lowest BCUT2D eigenvalue weighted by atomic mass is 10.1. The maximum atomic E-state index is 11.9. The number of nitrogens with two attached hydrogens (primary N) is 1. The molecule has 3 heterocycles. The smallest absolute Gasteiger partial charge is 0.236 e. The second-order valence-electron chi connectivity index (χ2n) is 4.86. The van der Waals surface area contributed by atoms with Gasteiger partial charge in [0.25, 0.3) is 0 Å². The first-order valence-corrected chi connectivity index (χ1v) is 7.79. The number of hydrogen-bond donors (Lipinski definition) is 2. The van der Waals surface area contributed by atoms with Gasteiger partial charge in [0.2, 0.25) is 5.91 Å². The van der Waals surface area contributed by atoms with Crippen LogP contribution in [0.1, 0.15) is 24.6 Å². The minimum absolute atomic E-state index is 0.0161. The van der Waals surface area contributed by atoms with E-state index >= 15 is 0 Å². The molecule has 3 N–H and O–H groups in total. The monoisotopic (exact) mass is 303 g/mol. The number of anilines is 2. The van der Waals surface area contributed by atoms with Crippen molar-refractivity contribution in [3.63, 3.8) is 0 Å². The van der Waals surface area contributed by atoms with Gasteiger partial charge in [0.15, 0.2) is 5.13 Å². The molecule has 1 aliphatic heterocycles. The molecular weight excluding hydrogens is 286 g/mol. The van der Waals surface area contributed by atoms with Gasteiger partial charge >= 0.3 is 0 Å². The van der Waals surface area contributed by atoms with Crippen molar-refractivity contribution in [2.24, 2.45) is 5.73 Å². The number of pyridine rings is 1. The Bertz CT molecular complexity index is 616. The zero-order chi connectivity index (χ0) is 14.7. The van der Waals surface area contributed by atoms with Crippen LogP contribution in [0, 0.1) is 0 Å². The van der Waals surface area contributed by atoms with Gasteiger partial charge in [-0.3, -0.25) is 4.79 Å². The second kappa shape index (κ2) is 6.19. The van der Waals surface area contributed by atoms with Crippen LogP contribution in [0.15, 0.2) is 29.8 Å². The fourth-order valence-electron chi connectivity index (χ4n) is 2.59. The van der Waals surface area contributed by atoms with Crippen LogP contribution >= 0.6 is 11.3 Å². The van der Waals surface area contributed by atoms with Crippen LogP contribution in [-0.4, -0.2) is 33.9 Å². The highest BCUT2D eigenvalue weighted by molar-refractivity contribution is 7.13. The standard InChI is InChI=1S/C14H17N5OS/c15-9-13(20)19-7-2-4-11(19)10-3-1-5-12(17-10)18-14-16-6-8-21-14/h1,3,5-6,8,11H,2,4,7,9,15H2,(H,16,17,18). The van der Waals surface area contributed by atoms with Crippen molar-refractivity contribution in [2.75, 3.05) is 18.4 Å². The molecule has 0 spiro atoms. The summed E-state index contributed by atoms with van der Waals surface area (Å²) in [4.78, 5) is 22.5. The largest absolute Gasteiger partial charge is 0.333 e. The minimum Gasteiger partial charge on any atom is -0.333 e. The third-order valence-electron chi connectivity index (χ3n) is 3.53. The molecular formula is C14H17N5OS. The quantitative estimate of drug-likeness (QED) is 0.901. The molecule has 2 aromatic rings. The molecule has 1 fully saturated rings. The number of likely N-dealkylation sites (tertiary alicyclic amines) is 1. The summed E-state index contributed by atoms with van der Waals surface area (Å²) in [6.45, 7) is 0.806. The summed E-state index contributed by atoms with van der Waals surface area (Å²) in [6.07, 6.45) is 3.66. The van der Waals surface area contributed by atoms with Crippen LogP contribution in [-0.2, 0) is 4.79 Å². The lowest BCUT2D eigenvalue weighted by Crippen LogP contribution is -2.35. The van der Waals surface area contributed by atoms with E-state index in [1.165, 1.54) is 11.3 Å². The third-order valence-corrected chi connectivity index (χ3v) is 4.22. The van der Waals surface area contributed by atoms with Crippen LogP contribution in [0.2, 0.25) is 0 Å². The van der Waals surface area contributed by atoms with Crippen molar-refractivity contribution in [3.05, 3.63) is 35.5 Å². The zero-order valence-corrected chi connectivity index (χ0v) is 12.3. The molecule has 6 nitrogen and oxygen atoms in total. The molecule has 0 radical (unpaired) electrons. The summed E-state index contributed by atoms with van der Waals surface area (Å²) in [5.41, 5.74) is 6.38. The first-order chi connectivity index (χ1) is 10.3. The lowest BCUT2D eigenvalue weighted by molar-refractivity contribution is -0.130. The van der Waals surface area contributed by atoms with Crippen LogP contribution in [0.3, 0.4) is 0 Å². The fourth-order valence-corrected chi connectivity index (χ4v) is 3.13. The normalized spacial score (nSPS) is 18.0. The van der Waals surface area contributed by atoms with Gasteiger partial charge < -0.3 is 16.0 Å². The Balaban J connectivity index is 1.80. The molecule has 7 heteroatoms. The molecule has 0 aromatic carbocycles. The van der Waals surface area contributed by atoms with Crippen LogP contribution < -0.4 is 11.1 Å². The van der Waals surface area contributed by atoms with E-state index < -0.39 is 0 Å². The van der Waals surface area contributed by atoms with E-state index in [0.717, 1.165) is 36.0 Å². The number of thiazole rings is 1. The van der Waals surface area contributed by atoms with E-state index in [4.69, 9.17) is 5.73 Å². The molecule has 0 saturated carbocycles. The molecule has 110 valence electrons. The molecule has 3 rings (SSSR count). The number of amides is 1. The van der Waals surface area contributed by atoms with Gasteiger partial charge in [-0.1, -0.05) is 6.07 Å². The molecule has 21 heavy (non-hydrogen) atoms. The molecule has 1 amide bonds. The number of nitrogens with one attached hydrogen (secondary N) is 1. The summed E-state index contributed by atoms with van der Waals surface area (Å²) < 4.78 is 0. The van der Waals surface area contributed by atoms with Crippen molar-refractivity contribution in [1.82, 2.24) is 14.9 Å². The Morgan fingerprint density at radius 1 is 1.52 bits per heavy atom. The summed E-state index contributed by atoms with van der Waals surface area (Å²) >= 11 is 1.52. The number of nitrogens with zero attached hydrogens (tertiary/aromatic N) is 3. The predicted octanol–water partition coefficient (Wildman–Crippen LogP) is 1.90. The third kappa shape index (κ3) is 3.03. The van der Waals surface area contributed by atoms with Crippen LogP contribution in [0.4, 0.5) is 10.9 Å². The summed E-state index contributed by atoms with van der Waals surface area (Å²) in [7, 11) is 0. The second-order valence-corrected chi connectivity index (χ2v) is 5.75. The number of hydrogen-bond acceptors (Lipinski definition) is 6. The van der Waals surface area contributed by atoms with Gasteiger partial charge in [-0.2, -0.15) is 0 Å². The molecule has 1 aliphatic rings. The Hall–Kier alpha value is -1.99. The van der Waals surface area contributed by atoms with Crippen molar-refractivity contribution in [3.8, 4) is 0 Å². The van der Waals surface area contributed by atoms with Gasteiger partial charge in [0.05, 0.1) is 18.3 Å². The van der Waals surface area contributed by atoms with E-state index in [9.17, 15) is 4.79 Å². The van der Waals surface area contributed by atoms with E-state index in [-0.39, 0.29) is 18.5 Å². The molecule has 1 atom stereocenters. The average molecular weight is 303 g/mol. The average Bonchev–Trinajstić information content (AvgIpc) is 3.17. The summed E-state index contributed by atoms with van der Waals surface area (Å²) in [6, 6.07) is 5.83. The van der Waals surface area contributed by atoms with Crippen molar-refractivity contribution < 1.29 is 4.79 Å². The number of carbonyl (C=O) groups excluding carboxylic acids is 1. The summed E-state index contributed by atoms with van der Waals surface area (Å²) in [5.74, 6) is 0.729. The van der Waals surface area contributed by atoms with Gasteiger partial charge in [-0.05, 0) is 25.0 Å². The molecule has 1 saturated heterocycles. The van der Waals surface area contributed by atoms with E-state index in [0.29, 0.717) is 0 Å².